The smallest absolute Gasteiger partial charge is 0.180 e. The molecule has 5 heterocycles. The Bertz CT molecular complexity index is 961. The van der Waals surface area contributed by atoms with E-state index in [-0.39, 0.29) is 6.04 Å². The van der Waals surface area contributed by atoms with Crippen molar-refractivity contribution >= 4 is 23.1 Å². The van der Waals surface area contributed by atoms with E-state index >= 15 is 0 Å². The van der Waals surface area contributed by atoms with Gasteiger partial charge in [-0.2, -0.15) is 0 Å². The molecule has 134 valence electrons. The Morgan fingerprint density at radius 3 is 3.04 bits per heavy atom. The molecular formula is C17H18ClN7O. The molecule has 2 N–H and O–H groups in total. The third kappa shape index (κ3) is 2.62. The topological polar surface area (TPSA) is 81.8 Å². The zero-order valence-electron chi connectivity index (χ0n) is 14.0. The van der Waals surface area contributed by atoms with Gasteiger partial charge in [0, 0.05) is 44.6 Å². The van der Waals surface area contributed by atoms with Crippen LogP contribution in [-0.4, -0.2) is 67.9 Å². The Morgan fingerprint density at radius 2 is 2.12 bits per heavy atom. The molecule has 2 atom stereocenters. The van der Waals surface area contributed by atoms with Crippen LogP contribution in [0, 0.1) is 0 Å². The third-order valence-electron chi connectivity index (χ3n) is 5.04. The number of nitrogens with one attached hydrogen (secondary N) is 1. The molecule has 0 aliphatic carbocycles. The Balaban J connectivity index is 1.46. The first-order valence-corrected chi connectivity index (χ1v) is 8.95. The van der Waals surface area contributed by atoms with Crippen molar-refractivity contribution in [2.24, 2.45) is 0 Å². The molecule has 3 aromatic heterocycles. The fourth-order valence-electron chi connectivity index (χ4n) is 3.71. The molecule has 2 saturated heterocycles. The summed E-state index contributed by atoms with van der Waals surface area (Å²) in [6, 6.07) is 5.89. The van der Waals surface area contributed by atoms with Crippen LogP contribution in [0.15, 0.2) is 36.8 Å². The summed E-state index contributed by atoms with van der Waals surface area (Å²) in [6.07, 6.45) is 4.82. The normalized spacial score (nSPS) is 23.5. The number of aliphatic hydroxyl groups is 1. The molecule has 3 aromatic rings. The molecule has 2 unspecified atom stereocenters. The van der Waals surface area contributed by atoms with Crippen LogP contribution in [0.1, 0.15) is 0 Å². The maximum Gasteiger partial charge on any atom is 0.180 e. The Morgan fingerprint density at radius 1 is 1.19 bits per heavy atom. The first-order valence-electron chi connectivity index (χ1n) is 8.57. The van der Waals surface area contributed by atoms with Gasteiger partial charge in [0.1, 0.15) is 17.2 Å². The van der Waals surface area contributed by atoms with E-state index in [0.717, 1.165) is 43.3 Å². The van der Waals surface area contributed by atoms with Gasteiger partial charge in [-0.1, -0.05) is 11.6 Å². The van der Waals surface area contributed by atoms with Gasteiger partial charge in [0.25, 0.3) is 0 Å². The summed E-state index contributed by atoms with van der Waals surface area (Å²) in [5.74, 6) is 1.50. The van der Waals surface area contributed by atoms with Gasteiger partial charge in [0.15, 0.2) is 12.2 Å². The molecule has 0 radical (unpaired) electrons. The fourth-order valence-corrected chi connectivity index (χ4v) is 3.87. The van der Waals surface area contributed by atoms with Crippen LogP contribution in [0.25, 0.3) is 17.2 Å². The fraction of sp³-hybridized carbons (Fsp3) is 0.353. The highest BCUT2D eigenvalue weighted by molar-refractivity contribution is 6.30. The first-order chi connectivity index (χ1) is 12.7. The minimum absolute atomic E-state index is 0.284. The molecule has 26 heavy (non-hydrogen) atoms. The molecular weight excluding hydrogens is 354 g/mol. The Hall–Kier alpha value is -2.26. The number of imidazole rings is 1. The molecule has 0 spiro atoms. The van der Waals surface area contributed by atoms with Crippen LogP contribution in [-0.2, 0) is 0 Å². The lowest BCUT2D eigenvalue weighted by Gasteiger charge is -2.38. The molecule has 0 saturated carbocycles. The summed E-state index contributed by atoms with van der Waals surface area (Å²) in [5, 5.41) is 13.6. The van der Waals surface area contributed by atoms with Gasteiger partial charge in [-0.25, -0.2) is 15.0 Å². The van der Waals surface area contributed by atoms with Crippen molar-refractivity contribution in [3.8, 4) is 11.5 Å². The van der Waals surface area contributed by atoms with E-state index in [1.807, 2.05) is 28.8 Å². The summed E-state index contributed by atoms with van der Waals surface area (Å²) in [4.78, 5) is 17.9. The molecule has 2 aliphatic heterocycles. The van der Waals surface area contributed by atoms with Crippen molar-refractivity contribution in [2.75, 3.05) is 31.1 Å². The lowest BCUT2D eigenvalue weighted by Crippen LogP contribution is -2.53. The standard InChI is InChI=1S/C17H18ClN7O/c18-11-1-2-14-20-8-13(25(14)9-11)16-19-4-3-15(22-16)23-5-6-24-12(10-23)7-21-17(24)26/h1-4,8-9,12,17,21,26H,5-7,10H2. The van der Waals surface area contributed by atoms with Gasteiger partial charge in [-0.05, 0) is 18.2 Å². The van der Waals surface area contributed by atoms with Crippen molar-refractivity contribution in [2.45, 2.75) is 12.4 Å². The zero-order valence-corrected chi connectivity index (χ0v) is 14.7. The van der Waals surface area contributed by atoms with Crippen LogP contribution >= 0.6 is 11.6 Å². The Kier molecular flexibility index (Phi) is 3.79. The largest absolute Gasteiger partial charge is 0.365 e. The van der Waals surface area contributed by atoms with Gasteiger partial charge >= 0.3 is 0 Å². The second-order valence-corrected chi connectivity index (χ2v) is 7.01. The van der Waals surface area contributed by atoms with E-state index in [9.17, 15) is 5.11 Å². The summed E-state index contributed by atoms with van der Waals surface area (Å²) in [7, 11) is 0. The average molecular weight is 372 g/mol. The van der Waals surface area contributed by atoms with E-state index in [4.69, 9.17) is 16.6 Å². The second-order valence-electron chi connectivity index (χ2n) is 6.58. The van der Waals surface area contributed by atoms with Crippen molar-refractivity contribution in [3.63, 3.8) is 0 Å². The number of halogens is 1. The monoisotopic (exact) mass is 371 g/mol. The van der Waals surface area contributed by atoms with Gasteiger partial charge in [-0.15, -0.1) is 0 Å². The highest BCUT2D eigenvalue weighted by Gasteiger charge is 2.36. The Labute approximate surface area is 155 Å². The molecule has 5 rings (SSSR count). The number of anilines is 1. The number of rotatable bonds is 2. The highest BCUT2D eigenvalue weighted by atomic mass is 35.5. The number of nitrogens with zero attached hydrogens (tertiary/aromatic N) is 6. The van der Waals surface area contributed by atoms with Gasteiger partial charge in [-0.3, -0.25) is 14.6 Å². The lowest BCUT2D eigenvalue weighted by molar-refractivity contribution is 0.000349. The van der Waals surface area contributed by atoms with Crippen LogP contribution in [0.5, 0.6) is 0 Å². The van der Waals surface area contributed by atoms with Gasteiger partial charge in [0.05, 0.1) is 11.2 Å². The number of piperazine rings is 1. The minimum Gasteiger partial charge on any atom is -0.365 e. The third-order valence-corrected chi connectivity index (χ3v) is 5.27. The quantitative estimate of drug-likeness (QED) is 0.690. The highest BCUT2D eigenvalue weighted by Crippen LogP contribution is 2.24. The SMILES string of the molecule is OC1NCC2CN(c3ccnc(-c4cnc5ccc(Cl)cn45)n3)CCN21. The van der Waals surface area contributed by atoms with E-state index in [1.165, 1.54) is 0 Å². The summed E-state index contributed by atoms with van der Waals surface area (Å²) < 4.78 is 1.90. The maximum absolute atomic E-state index is 9.92. The van der Waals surface area contributed by atoms with Crippen molar-refractivity contribution in [1.82, 2.24) is 29.6 Å². The maximum atomic E-state index is 9.92. The number of hydrogen-bond donors (Lipinski definition) is 2. The van der Waals surface area contributed by atoms with E-state index in [2.05, 4.69) is 25.1 Å². The average Bonchev–Trinajstić information content (AvgIpc) is 3.25. The second kappa shape index (κ2) is 6.17. The molecule has 8 nitrogen and oxygen atoms in total. The van der Waals surface area contributed by atoms with Crippen LogP contribution in [0.3, 0.4) is 0 Å². The molecule has 0 amide bonds. The molecule has 9 heteroatoms. The van der Waals surface area contributed by atoms with Crippen LogP contribution in [0.4, 0.5) is 5.82 Å². The number of hydrogen-bond acceptors (Lipinski definition) is 7. The molecule has 0 aromatic carbocycles. The van der Waals surface area contributed by atoms with Gasteiger partial charge < -0.3 is 10.0 Å². The van der Waals surface area contributed by atoms with Gasteiger partial charge in [0.2, 0.25) is 0 Å². The van der Waals surface area contributed by atoms with Crippen molar-refractivity contribution in [3.05, 3.63) is 41.8 Å². The lowest BCUT2D eigenvalue weighted by atomic mass is 10.2. The predicted octanol–water partition coefficient (Wildman–Crippen LogP) is 0.814. The van der Waals surface area contributed by atoms with Crippen LogP contribution < -0.4 is 10.2 Å². The zero-order chi connectivity index (χ0) is 17.7. The predicted molar refractivity (Wildman–Crippen MR) is 97.9 cm³/mol. The number of aromatic nitrogens is 4. The van der Waals surface area contributed by atoms with E-state index in [0.29, 0.717) is 10.8 Å². The van der Waals surface area contributed by atoms with Crippen molar-refractivity contribution in [1.29, 1.82) is 0 Å². The molecule has 2 fully saturated rings. The van der Waals surface area contributed by atoms with Crippen LogP contribution in [0.2, 0.25) is 5.02 Å². The number of aliphatic hydroxyl groups excluding tert-OH is 1. The van der Waals surface area contributed by atoms with E-state index in [1.54, 1.807) is 12.4 Å². The summed E-state index contributed by atoms with van der Waals surface area (Å²) >= 11 is 6.12. The molecule has 0 bridgehead atoms. The number of fused-ring (bicyclic) bond motifs is 2. The van der Waals surface area contributed by atoms with Crippen molar-refractivity contribution < 1.29 is 5.11 Å². The summed E-state index contributed by atoms with van der Waals surface area (Å²) in [5.41, 5.74) is 1.61. The van der Waals surface area contributed by atoms with E-state index < -0.39 is 6.35 Å². The number of pyridine rings is 1. The molecule has 2 aliphatic rings. The first kappa shape index (κ1) is 16.0. The minimum atomic E-state index is -0.536. The summed E-state index contributed by atoms with van der Waals surface area (Å²) in [6.45, 7) is 3.20.